The van der Waals surface area contributed by atoms with Gasteiger partial charge in [0.05, 0.1) is 11.6 Å². The van der Waals surface area contributed by atoms with Crippen LogP contribution < -0.4 is 5.32 Å². The topological polar surface area (TPSA) is 83.3 Å². The van der Waals surface area contributed by atoms with Crippen LogP contribution in [0.2, 0.25) is 0 Å². The molecule has 2 aromatic heterocycles. The molecule has 1 saturated carbocycles. The Balaban J connectivity index is 1.15. The molecule has 196 valence electrons. The van der Waals surface area contributed by atoms with Crippen molar-refractivity contribution in [1.82, 2.24) is 19.4 Å². The summed E-state index contributed by atoms with van der Waals surface area (Å²) in [5, 5.41) is 14.5. The number of aromatic nitrogens is 3. The van der Waals surface area contributed by atoms with Crippen molar-refractivity contribution >= 4 is 22.8 Å². The highest BCUT2D eigenvalue weighted by Gasteiger charge is 2.31. The summed E-state index contributed by atoms with van der Waals surface area (Å²) in [6.45, 7) is 3.51. The molecule has 4 aromatic rings. The first-order valence-electron chi connectivity index (χ1n) is 13.8. The van der Waals surface area contributed by atoms with Gasteiger partial charge >= 0.3 is 0 Å². The summed E-state index contributed by atoms with van der Waals surface area (Å²) in [5.41, 5.74) is 4.83. The van der Waals surface area contributed by atoms with E-state index in [0.29, 0.717) is 31.9 Å². The molecule has 0 radical (unpaired) electrons. The van der Waals surface area contributed by atoms with Crippen LogP contribution in [0.1, 0.15) is 44.1 Å². The standard InChI is InChI=1S/C31H35N5O2/c1-21-5-2-3-6-25(21)26-7-4-8-28-27(26)16-20-36(28)29-13-17-32-31(34-29)33-23-11-9-22(10-12-23)30(38)35-18-14-24(37)15-19-35/h2-8,13,16-17,20,22-24,37H,9-12,14-15,18-19H2,1H3,(H,32,33,34)/t22-,23-. The summed E-state index contributed by atoms with van der Waals surface area (Å²) in [7, 11) is 0. The van der Waals surface area contributed by atoms with E-state index in [2.05, 4.69) is 76.5 Å². The van der Waals surface area contributed by atoms with Gasteiger partial charge in [-0.15, -0.1) is 0 Å². The van der Waals surface area contributed by atoms with E-state index in [-0.39, 0.29) is 24.0 Å². The van der Waals surface area contributed by atoms with Crippen molar-refractivity contribution in [3.63, 3.8) is 0 Å². The molecule has 1 saturated heterocycles. The summed E-state index contributed by atoms with van der Waals surface area (Å²) in [6, 6.07) is 19.3. The average Bonchev–Trinajstić information content (AvgIpc) is 3.39. The van der Waals surface area contributed by atoms with E-state index in [9.17, 15) is 9.90 Å². The number of anilines is 1. The Morgan fingerprint density at radius 3 is 2.47 bits per heavy atom. The minimum absolute atomic E-state index is 0.0873. The van der Waals surface area contributed by atoms with Gasteiger partial charge in [-0.1, -0.05) is 36.4 Å². The van der Waals surface area contributed by atoms with Crippen LogP contribution in [0.3, 0.4) is 0 Å². The molecular formula is C31H35N5O2. The van der Waals surface area contributed by atoms with Crippen molar-refractivity contribution in [3.05, 3.63) is 72.6 Å². The number of amides is 1. The van der Waals surface area contributed by atoms with E-state index in [4.69, 9.17) is 4.98 Å². The van der Waals surface area contributed by atoms with Crippen LogP contribution >= 0.6 is 0 Å². The third-order valence-corrected chi connectivity index (χ3v) is 8.24. The monoisotopic (exact) mass is 509 g/mol. The number of aliphatic hydroxyl groups excluding tert-OH is 1. The molecular weight excluding hydrogens is 474 g/mol. The van der Waals surface area contributed by atoms with Crippen LogP contribution in [0.4, 0.5) is 5.95 Å². The van der Waals surface area contributed by atoms with Crippen LogP contribution in [0.15, 0.2) is 67.0 Å². The van der Waals surface area contributed by atoms with Crippen molar-refractivity contribution in [2.45, 2.75) is 57.6 Å². The predicted molar refractivity (Wildman–Crippen MR) is 150 cm³/mol. The molecule has 0 spiro atoms. The third-order valence-electron chi connectivity index (χ3n) is 8.24. The summed E-state index contributed by atoms with van der Waals surface area (Å²) in [4.78, 5) is 24.2. The number of hydrogen-bond acceptors (Lipinski definition) is 5. The lowest BCUT2D eigenvalue weighted by Crippen LogP contribution is -2.44. The van der Waals surface area contributed by atoms with Crippen LogP contribution in [0, 0.1) is 12.8 Å². The minimum Gasteiger partial charge on any atom is -0.393 e. The van der Waals surface area contributed by atoms with E-state index < -0.39 is 0 Å². The van der Waals surface area contributed by atoms with Crippen LogP contribution in [0.5, 0.6) is 0 Å². The lowest BCUT2D eigenvalue weighted by atomic mass is 9.85. The second-order valence-electron chi connectivity index (χ2n) is 10.7. The minimum atomic E-state index is -0.255. The van der Waals surface area contributed by atoms with Gasteiger partial charge in [0.25, 0.3) is 0 Å². The number of nitrogens with one attached hydrogen (secondary N) is 1. The molecule has 3 heterocycles. The van der Waals surface area contributed by atoms with Gasteiger partial charge in [-0.2, -0.15) is 4.98 Å². The van der Waals surface area contributed by atoms with Crippen LogP contribution in [0.25, 0.3) is 27.8 Å². The summed E-state index contributed by atoms with van der Waals surface area (Å²) in [5.74, 6) is 1.80. The number of piperidine rings is 1. The van der Waals surface area contributed by atoms with Gasteiger partial charge < -0.3 is 19.9 Å². The number of fused-ring (bicyclic) bond motifs is 1. The average molecular weight is 510 g/mol. The van der Waals surface area contributed by atoms with E-state index in [1.807, 2.05) is 17.2 Å². The molecule has 7 nitrogen and oxygen atoms in total. The van der Waals surface area contributed by atoms with Gasteiger partial charge in [0.2, 0.25) is 11.9 Å². The normalized spacial score (nSPS) is 20.5. The number of rotatable bonds is 5. The Bertz CT molecular complexity index is 1430. The fourth-order valence-corrected chi connectivity index (χ4v) is 6.04. The Morgan fingerprint density at radius 1 is 0.921 bits per heavy atom. The molecule has 6 rings (SSSR count). The second kappa shape index (κ2) is 10.6. The number of aliphatic hydroxyl groups is 1. The molecule has 0 bridgehead atoms. The summed E-state index contributed by atoms with van der Waals surface area (Å²) in [6.07, 6.45) is 8.61. The van der Waals surface area contributed by atoms with Crippen molar-refractivity contribution in [1.29, 1.82) is 0 Å². The zero-order valence-electron chi connectivity index (χ0n) is 21.9. The van der Waals surface area contributed by atoms with Gasteiger partial charge in [0.15, 0.2) is 0 Å². The van der Waals surface area contributed by atoms with Crippen LogP contribution in [-0.4, -0.2) is 55.7 Å². The molecule has 1 amide bonds. The third kappa shape index (κ3) is 4.90. The smallest absolute Gasteiger partial charge is 0.225 e. The van der Waals surface area contributed by atoms with E-state index in [1.165, 1.54) is 22.1 Å². The molecule has 7 heteroatoms. The second-order valence-corrected chi connectivity index (χ2v) is 10.7. The van der Waals surface area contributed by atoms with Gasteiger partial charge in [0.1, 0.15) is 5.82 Å². The summed E-state index contributed by atoms with van der Waals surface area (Å²) >= 11 is 0. The van der Waals surface area contributed by atoms with Gasteiger partial charge in [-0.25, -0.2) is 4.98 Å². The summed E-state index contributed by atoms with van der Waals surface area (Å²) < 4.78 is 2.12. The van der Waals surface area contributed by atoms with Gasteiger partial charge in [0, 0.05) is 42.8 Å². The highest BCUT2D eigenvalue weighted by molar-refractivity contribution is 5.96. The molecule has 2 N–H and O–H groups in total. The fraction of sp³-hybridized carbons (Fsp3) is 0.387. The zero-order valence-corrected chi connectivity index (χ0v) is 21.9. The number of likely N-dealkylation sites (tertiary alicyclic amines) is 1. The number of nitrogens with zero attached hydrogens (tertiary/aromatic N) is 4. The zero-order chi connectivity index (χ0) is 26.1. The molecule has 1 aliphatic carbocycles. The molecule has 38 heavy (non-hydrogen) atoms. The first-order chi connectivity index (χ1) is 18.6. The first-order valence-corrected chi connectivity index (χ1v) is 13.8. The van der Waals surface area contributed by atoms with E-state index in [1.54, 1.807) is 0 Å². The highest BCUT2D eigenvalue weighted by Crippen LogP contribution is 2.33. The largest absolute Gasteiger partial charge is 0.393 e. The molecule has 2 aliphatic rings. The lowest BCUT2D eigenvalue weighted by molar-refractivity contribution is -0.138. The predicted octanol–water partition coefficient (Wildman–Crippen LogP) is 5.35. The van der Waals surface area contributed by atoms with Crippen molar-refractivity contribution < 1.29 is 9.90 Å². The van der Waals surface area contributed by atoms with Gasteiger partial charge in [-0.05, 0) is 80.3 Å². The maximum atomic E-state index is 12.9. The fourth-order valence-electron chi connectivity index (χ4n) is 6.04. The molecule has 2 aromatic carbocycles. The number of aryl methyl sites for hydroxylation is 1. The molecule has 0 unspecified atom stereocenters. The molecule has 0 atom stereocenters. The van der Waals surface area contributed by atoms with Crippen molar-refractivity contribution in [3.8, 4) is 16.9 Å². The first kappa shape index (κ1) is 24.6. The van der Waals surface area contributed by atoms with Crippen LogP contribution in [-0.2, 0) is 4.79 Å². The van der Waals surface area contributed by atoms with Crippen molar-refractivity contribution in [2.24, 2.45) is 5.92 Å². The molecule has 1 aliphatic heterocycles. The Labute approximate surface area is 223 Å². The SMILES string of the molecule is Cc1ccccc1-c1cccc2c1ccn2-c1ccnc(N[C@H]2CC[C@H](C(=O)N3CCC(O)CC3)CC2)n1. The van der Waals surface area contributed by atoms with E-state index >= 15 is 0 Å². The Kier molecular flexibility index (Phi) is 6.85. The van der Waals surface area contributed by atoms with E-state index in [0.717, 1.165) is 37.0 Å². The van der Waals surface area contributed by atoms with Gasteiger partial charge in [-0.3, -0.25) is 4.79 Å². The Morgan fingerprint density at radius 2 is 1.68 bits per heavy atom. The number of hydrogen-bond donors (Lipinski definition) is 2. The quantitative estimate of drug-likeness (QED) is 0.379. The number of benzene rings is 2. The Hall–Kier alpha value is -3.71. The number of carbonyl (C=O) groups excluding carboxylic acids is 1. The van der Waals surface area contributed by atoms with Crippen molar-refractivity contribution in [2.75, 3.05) is 18.4 Å². The molecule has 2 fully saturated rings. The lowest BCUT2D eigenvalue weighted by Gasteiger charge is -2.35. The maximum absolute atomic E-state index is 12.9. The highest BCUT2D eigenvalue weighted by atomic mass is 16.3. The maximum Gasteiger partial charge on any atom is 0.225 e. The number of carbonyl (C=O) groups is 1.